The van der Waals surface area contributed by atoms with Crippen LogP contribution in [0.1, 0.15) is 56.3 Å². The van der Waals surface area contributed by atoms with Gasteiger partial charge in [0.25, 0.3) is 0 Å². The summed E-state index contributed by atoms with van der Waals surface area (Å²) in [5.74, 6) is 0.798. The summed E-state index contributed by atoms with van der Waals surface area (Å²) >= 11 is 1.97. The van der Waals surface area contributed by atoms with Crippen molar-refractivity contribution >= 4 is 11.3 Å². The van der Waals surface area contributed by atoms with E-state index >= 15 is 0 Å². The zero-order valence-corrected chi connectivity index (χ0v) is 11.9. The van der Waals surface area contributed by atoms with Crippen LogP contribution in [0.15, 0.2) is 12.1 Å². The van der Waals surface area contributed by atoms with Crippen molar-refractivity contribution in [3.8, 4) is 0 Å². The van der Waals surface area contributed by atoms with Crippen molar-refractivity contribution in [2.45, 2.75) is 53.0 Å². The quantitative estimate of drug-likeness (QED) is 0.744. The highest BCUT2D eigenvalue weighted by molar-refractivity contribution is 7.12. The van der Waals surface area contributed by atoms with E-state index in [2.05, 4.69) is 45.1 Å². The predicted octanol–water partition coefficient (Wildman–Crippen LogP) is 4.40. The first-order valence-corrected chi connectivity index (χ1v) is 7.31. The summed E-state index contributed by atoms with van der Waals surface area (Å²) in [6.45, 7) is 10.1. The molecule has 0 saturated heterocycles. The van der Waals surface area contributed by atoms with E-state index in [-0.39, 0.29) is 0 Å². The second-order valence-corrected chi connectivity index (χ2v) is 5.94. The van der Waals surface area contributed by atoms with Gasteiger partial charge in [-0.05, 0) is 43.9 Å². The topological polar surface area (TPSA) is 12.0 Å². The molecule has 0 aliphatic carbocycles. The Kier molecular flexibility index (Phi) is 6.07. The van der Waals surface area contributed by atoms with Crippen LogP contribution in [0.2, 0.25) is 0 Å². The summed E-state index contributed by atoms with van der Waals surface area (Å²) in [5.41, 5.74) is 0. The van der Waals surface area contributed by atoms with Gasteiger partial charge in [-0.2, -0.15) is 0 Å². The van der Waals surface area contributed by atoms with Crippen LogP contribution in [0.3, 0.4) is 0 Å². The van der Waals surface area contributed by atoms with E-state index in [1.807, 2.05) is 11.3 Å². The fourth-order valence-electron chi connectivity index (χ4n) is 1.86. The Bertz CT molecular complexity index is 291. The zero-order valence-electron chi connectivity index (χ0n) is 11.0. The summed E-state index contributed by atoms with van der Waals surface area (Å²) < 4.78 is 0. The molecular formula is C14H25NS. The van der Waals surface area contributed by atoms with E-state index in [1.165, 1.54) is 22.6 Å². The van der Waals surface area contributed by atoms with E-state index in [4.69, 9.17) is 0 Å². The van der Waals surface area contributed by atoms with E-state index in [0.29, 0.717) is 6.04 Å². The molecule has 0 aromatic carbocycles. The number of nitrogens with one attached hydrogen (secondary N) is 1. The first kappa shape index (κ1) is 13.7. The third-order valence-electron chi connectivity index (χ3n) is 2.86. The van der Waals surface area contributed by atoms with Crippen LogP contribution in [0.5, 0.6) is 0 Å². The molecule has 92 valence electrons. The molecule has 2 heteroatoms. The molecule has 0 spiro atoms. The highest BCUT2D eigenvalue weighted by Gasteiger charge is 2.12. The van der Waals surface area contributed by atoms with Crippen molar-refractivity contribution in [3.05, 3.63) is 21.9 Å². The van der Waals surface area contributed by atoms with Crippen LogP contribution in [-0.2, 0) is 6.42 Å². The second-order valence-electron chi connectivity index (χ2n) is 4.74. The monoisotopic (exact) mass is 239 g/mol. The fraction of sp³-hybridized carbons (Fsp3) is 0.714. The van der Waals surface area contributed by atoms with E-state index in [1.54, 1.807) is 0 Å². The number of hydrogen-bond acceptors (Lipinski definition) is 2. The van der Waals surface area contributed by atoms with Gasteiger partial charge >= 0.3 is 0 Å². The summed E-state index contributed by atoms with van der Waals surface area (Å²) in [6.07, 6.45) is 3.72. The maximum absolute atomic E-state index is 3.60. The lowest BCUT2D eigenvalue weighted by Gasteiger charge is -2.17. The van der Waals surface area contributed by atoms with Crippen molar-refractivity contribution in [1.82, 2.24) is 5.32 Å². The minimum absolute atomic E-state index is 0.567. The summed E-state index contributed by atoms with van der Waals surface area (Å²) in [6, 6.07) is 5.15. The Morgan fingerprint density at radius 2 is 1.94 bits per heavy atom. The van der Waals surface area contributed by atoms with Gasteiger partial charge in [0.15, 0.2) is 0 Å². The molecule has 0 saturated carbocycles. The Morgan fingerprint density at radius 3 is 2.44 bits per heavy atom. The Morgan fingerprint density at radius 1 is 1.19 bits per heavy atom. The molecule has 0 fully saturated rings. The van der Waals surface area contributed by atoms with Gasteiger partial charge in [-0.3, -0.25) is 0 Å². The highest BCUT2D eigenvalue weighted by atomic mass is 32.1. The molecule has 0 aliphatic heterocycles. The fourth-order valence-corrected chi connectivity index (χ4v) is 2.93. The van der Waals surface area contributed by atoms with E-state index in [9.17, 15) is 0 Å². The molecule has 1 heterocycles. The Labute approximate surface area is 104 Å². The first-order valence-electron chi connectivity index (χ1n) is 6.49. The zero-order chi connectivity index (χ0) is 12.0. The maximum Gasteiger partial charge on any atom is 0.0414 e. The molecule has 16 heavy (non-hydrogen) atoms. The molecule has 1 unspecified atom stereocenters. The highest BCUT2D eigenvalue weighted by Crippen LogP contribution is 2.27. The standard InChI is InChI=1S/C14H25NS/c1-5-12-8-10-14(16-12)13(15-6-2)9-7-11(3)4/h8,10-11,13,15H,5-7,9H2,1-4H3. The van der Waals surface area contributed by atoms with Gasteiger partial charge in [0.1, 0.15) is 0 Å². The van der Waals surface area contributed by atoms with Gasteiger partial charge in [0.05, 0.1) is 0 Å². The van der Waals surface area contributed by atoms with Gasteiger partial charge in [-0.1, -0.05) is 27.7 Å². The number of rotatable bonds is 7. The van der Waals surface area contributed by atoms with Crippen LogP contribution in [0, 0.1) is 5.92 Å². The average Bonchev–Trinajstić information content (AvgIpc) is 2.72. The van der Waals surface area contributed by atoms with Gasteiger partial charge in [-0.15, -0.1) is 11.3 Å². The number of thiophene rings is 1. The molecule has 0 aliphatic rings. The smallest absolute Gasteiger partial charge is 0.0414 e. The molecule has 1 atom stereocenters. The van der Waals surface area contributed by atoms with Crippen molar-refractivity contribution < 1.29 is 0 Å². The third-order valence-corrected chi connectivity index (χ3v) is 4.20. The molecule has 1 nitrogen and oxygen atoms in total. The Balaban J connectivity index is 2.60. The van der Waals surface area contributed by atoms with Crippen molar-refractivity contribution in [3.63, 3.8) is 0 Å². The predicted molar refractivity (Wildman–Crippen MR) is 74.2 cm³/mol. The van der Waals surface area contributed by atoms with Crippen LogP contribution in [0.25, 0.3) is 0 Å². The normalized spacial score (nSPS) is 13.3. The molecule has 1 aromatic heterocycles. The summed E-state index contributed by atoms with van der Waals surface area (Å²) in [5, 5.41) is 3.60. The van der Waals surface area contributed by atoms with Crippen LogP contribution in [-0.4, -0.2) is 6.54 Å². The number of aryl methyl sites for hydroxylation is 1. The first-order chi connectivity index (χ1) is 7.67. The molecule has 1 rings (SSSR count). The minimum atomic E-state index is 0.567. The molecule has 0 radical (unpaired) electrons. The lowest BCUT2D eigenvalue weighted by molar-refractivity contribution is 0.453. The van der Waals surface area contributed by atoms with Gasteiger partial charge in [-0.25, -0.2) is 0 Å². The largest absolute Gasteiger partial charge is 0.310 e. The van der Waals surface area contributed by atoms with Crippen molar-refractivity contribution in [2.24, 2.45) is 5.92 Å². The van der Waals surface area contributed by atoms with Crippen molar-refractivity contribution in [1.29, 1.82) is 0 Å². The lowest BCUT2D eigenvalue weighted by Crippen LogP contribution is -2.20. The van der Waals surface area contributed by atoms with Gasteiger partial charge in [0.2, 0.25) is 0 Å². The molecule has 1 N–H and O–H groups in total. The van der Waals surface area contributed by atoms with E-state index < -0.39 is 0 Å². The molecule has 0 bridgehead atoms. The molecule has 0 amide bonds. The number of hydrogen-bond donors (Lipinski definition) is 1. The SMILES string of the molecule is CCNC(CCC(C)C)c1ccc(CC)s1. The summed E-state index contributed by atoms with van der Waals surface area (Å²) in [4.78, 5) is 3.02. The van der Waals surface area contributed by atoms with Crippen molar-refractivity contribution in [2.75, 3.05) is 6.54 Å². The van der Waals surface area contributed by atoms with Crippen LogP contribution in [0.4, 0.5) is 0 Å². The van der Waals surface area contributed by atoms with Gasteiger partial charge in [0, 0.05) is 15.8 Å². The second kappa shape index (κ2) is 7.08. The van der Waals surface area contributed by atoms with E-state index in [0.717, 1.165) is 18.9 Å². The maximum atomic E-state index is 3.60. The molecular weight excluding hydrogens is 214 g/mol. The average molecular weight is 239 g/mol. The minimum Gasteiger partial charge on any atom is -0.310 e. The lowest BCUT2D eigenvalue weighted by atomic mass is 10.0. The van der Waals surface area contributed by atoms with Crippen LogP contribution >= 0.6 is 11.3 Å². The van der Waals surface area contributed by atoms with Gasteiger partial charge < -0.3 is 5.32 Å². The Hall–Kier alpha value is -0.340. The summed E-state index contributed by atoms with van der Waals surface area (Å²) in [7, 11) is 0. The van der Waals surface area contributed by atoms with Crippen LogP contribution < -0.4 is 5.32 Å². The molecule has 1 aromatic rings. The third kappa shape index (κ3) is 4.26.